The normalized spacial score (nSPS) is 10.6. The third kappa shape index (κ3) is 2.63. The summed E-state index contributed by atoms with van der Waals surface area (Å²) in [5.74, 6) is -0.0148. The lowest BCUT2D eigenvalue weighted by molar-refractivity contribution is 0.477. The van der Waals surface area contributed by atoms with Gasteiger partial charge >= 0.3 is 0 Å². The zero-order valence-corrected chi connectivity index (χ0v) is 11.0. The Labute approximate surface area is 115 Å². The van der Waals surface area contributed by atoms with Crippen molar-refractivity contribution >= 4 is 34.6 Å². The highest BCUT2D eigenvalue weighted by Crippen LogP contribution is 2.31. The molecule has 0 unspecified atom stereocenters. The van der Waals surface area contributed by atoms with E-state index in [0.717, 1.165) is 11.1 Å². The highest BCUT2D eigenvalue weighted by atomic mass is 35.5. The van der Waals surface area contributed by atoms with E-state index in [1.807, 2.05) is 6.07 Å². The van der Waals surface area contributed by atoms with Gasteiger partial charge in [0.2, 0.25) is 0 Å². The number of nitrogens with two attached hydrogens (primary N) is 2. The summed E-state index contributed by atoms with van der Waals surface area (Å²) in [4.78, 5) is 0. The highest BCUT2D eigenvalue weighted by Gasteiger charge is 2.07. The molecule has 2 rings (SSSR count). The SMILES string of the molecule is Nc1ccc(Cc2cc(O)c(N)c(Cl)c2)cc1Cl. The molecule has 5 heteroatoms. The van der Waals surface area contributed by atoms with Gasteiger partial charge in [-0.05, 0) is 41.8 Å². The van der Waals surface area contributed by atoms with Crippen LogP contribution >= 0.6 is 23.2 Å². The predicted molar refractivity (Wildman–Crippen MR) is 76.2 cm³/mol. The first kappa shape index (κ1) is 12.9. The summed E-state index contributed by atoms with van der Waals surface area (Å²) in [7, 11) is 0. The summed E-state index contributed by atoms with van der Waals surface area (Å²) in [5.41, 5.74) is 13.8. The molecule has 0 saturated carbocycles. The van der Waals surface area contributed by atoms with Crippen LogP contribution < -0.4 is 11.5 Å². The molecule has 0 amide bonds. The monoisotopic (exact) mass is 282 g/mol. The van der Waals surface area contributed by atoms with E-state index in [4.69, 9.17) is 34.7 Å². The first-order chi connectivity index (χ1) is 8.47. The summed E-state index contributed by atoms with van der Waals surface area (Å²) in [5, 5.41) is 10.5. The number of hydrogen-bond donors (Lipinski definition) is 3. The molecule has 0 heterocycles. The van der Waals surface area contributed by atoms with Gasteiger partial charge in [-0.2, -0.15) is 0 Å². The zero-order chi connectivity index (χ0) is 13.3. The molecule has 0 aromatic heterocycles. The fraction of sp³-hybridized carbons (Fsp3) is 0.0769. The molecule has 0 aliphatic heterocycles. The van der Waals surface area contributed by atoms with Crippen molar-refractivity contribution < 1.29 is 5.11 Å². The molecule has 0 aliphatic rings. The van der Waals surface area contributed by atoms with Crippen LogP contribution in [0, 0.1) is 0 Å². The fourth-order valence-corrected chi connectivity index (χ4v) is 2.12. The summed E-state index contributed by atoms with van der Waals surface area (Å²) in [6, 6.07) is 8.73. The Morgan fingerprint density at radius 1 is 0.944 bits per heavy atom. The second kappa shape index (κ2) is 4.96. The summed E-state index contributed by atoms with van der Waals surface area (Å²) in [6.45, 7) is 0. The number of aromatic hydroxyl groups is 1. The van der Waals surface area contributed by atoms with Crippen molar-refractivity contribution in [1.82, 2.24) is 0 Å². The van der Waals surface area contributed by atoms with Crippen LogP contribution in [0.15, 0.2) is 30.3 Å². The molecule has 0 radical (unpaired) electrons. The minimum absolute atomic E-state index is 0.0148. The average molecular weight is 283 g/mol. The summed E-state index contributed by atoms with van der Waals surface area (Å²) in [6.07, 6.45) is 0.591. The van der Waals surface area contributed by atoms with Crippen LogP contribution in [0.2, 0.25) is 10.0 Å². The van der Waals surface area contributed by atoms with Crippen molar-refractivity contribution in [3.05, 3.63) is 51.5 Å². The number of rotatable bonds is 2. The van der Waals surface area contributed by atoms with Gasteiger partial charge in [-0.25, -0.2) is 0 Å². The standard InChI is InChI=1S/C13H12Cl2N2O/c14-9-4-7(1-2-11(9)16)3-8-5-10(15)13(17)12(18)6-8/h1-2,4-6,18H,3,16-17H2. The summed E-state index contributed by atoms with van der Waals surface area (Å²) < 4.78 is 0. The lowest BCUT2D eigenvalue weighted by Gasteiger charge is -2.08. The minimum atomic E-state index is -0.0148. The Bertz CT molecular complexity index is 577. The first-order valence-electron chi connectivity index (χ1n) is 5.28. The van der Waals surface area contributed by atoms with Gasteiger partial charge in [0, 0.05) is 0 Å². The van der Waals surface area contributed by atoms with Crippen molar-refractivity contribution in [3.63, 3.8) is 0 Å². The molecule has 0 saturated heterocycles. The maximum Gasteiger partial charge on any atom is 0.140 e. The van der Waals surface area contributed by atoms with Gasteiger partial charge in [0.25, 0.3) is 0 Å². The van der Waals surface area contributed by atoms with Gasteiger partial charge < -0.3 is 16.6 Å². The molecule has 18 heavy (non-hydrogen) atoms. The highest BCUT2D eigenvalue weighted by molar-refractivity contribution is 6.33. The van der Waals surface area contributed by atoms with E-state index >= 15 is 0 Å². The van der Waals surface area contributed by atoms with Crippen LogP contribution in [0.5, 0.6) is 5.75 Å². The van der Waals surface area contributed by atoms with Gasteiger partial charge in [-0.1, -0.05) is 29.3 Å². The maximum absolute atomic E-state index is 9.60. The van der Waals surface area contributed by atoms with E-state index in [1.165, 1.54) is 0 Å². The first-order valence-corrected chi connectivity index (χ1v) is 6.03. The van der Waals surface area contributed by atoms with Crippen molar-refractivity contribution in [2.24, 2.45) is 0 Å². The molecule has 5 N–H and O–H groups in total. The van der Waals surface area contributed by atoms with Gasteiger partial charge in [0.1, 0.15) is 5.75 Å². The second-order valence-electron chi connectivity index (χ2n) is 4.04. The van der Waals surface area contributed by atoms with Crippen molar-refractivity contribution in [3.8, 4) is 5.75 Å². The number of phenols is 1. The topological polar surface area (TPSA) is 72.3 Å². The molecule has 2 aromatic carbocycles. The number of anilines is 2. The van der Waals surface area contributed by atoms with E-state index in [-0.39, 0.29) is 11.4 Å². The molecule has 0 fully saturated rings. The van der Waals surface area contributed by atoms with Gasteiger partial charge in [0.05, 0.1) is 21.4 Å². The molecule has 3 nitrogen and oxygen atoms in total. The van der Waals surface area contributed by atoms with Gasteiger partial charge in [-0.3, -0.25) is 0 Å². The fourth-order valence-electron chi connectivity index (χ4n) is 1.68. The summed E-state index contributed by atoms with van der Waals surface area (Å²) >= 11 is 11.9. The van der Waals surface area contributed by atoms with Crippen molar-refractivity contribution in [2.45, 2.75) is 6.42 Å². The van der Waals surface area contributed by atoms with Crippen LogP contribution in [0.1, 0.15) is 11.1 Å². The number of phenolic OH excluding ortho intramolecular Hbond substituents is 1. The largest absolute Gasteiger partial charge is 0.506 e. The molecular formula is C13H12Cl2N2O. The lowest BCUT2D eigenvalue weighted by atomic mass is 10.0. The Balaban J connectivity index is 2.31. The van der Waals surface area contributed by atoms with Crippen LogP contribution in [0.4, 0.5) is 11.4 Å². The quantitative estimate of drug-likeness (QED) is 0.584. The van der Waals surface area contributed by atoms with E-state index in [0.29, 0.717) is 22.2 Å². The average Bonchev–Trinajstić information content (AvgIpc) is 2.31. The Kier molecular flexibility index (Phi) is 3.55. The Morgan fingerprint density at radius 2 is 1.61 bits per heavy atom. The lowest BCUT2D eigenvalue weighted by Crippen LogP contribution is -1.94. The van der Waals surface area contributed by atoms with Crippen molar-refractivity contribution in [2.75, 3.05) is 11.5 Å². The molecule has 0 spiro atoms. The minimum Gasteiger partial charge on any atom is -0.506 e. The van der Waals surface area contributed by atoms with Crippen molar-refractivity contribution in [1.29, 1.82) is 0 Å². The number of benzene rings is 2. The second-order valence-corrected chi connectivity index (χ2v) is 4.86. The van der Waals surface area contributed by atoms with E-state index in [2.05, 4.69) is 0 Å². The Hall–Kier alpha value is -1.58. The molecular weight excluding hydrogens is 271 g/mol. The number of hydrogen-bond acceptors (Lipinski definition) is 3. The smallest absolute Gasteiger partial charge is 0.140 e. The van der Waals surface area contributed by atoms with Gasteiger partial charge in [0.15, 0.2) is 0 Å². The third-order valence-electron chi connectivity index (χ3n) is 2.64. The zero-order valence-electron chi connectivity index (χ0n) is 9.45. The van der Waals surface area contributed by atoms with Crippen LogP contribution in [-0.2, 0) is 6.42 Å². The molecule has 0 aliphatic carbocycles. The van der Waals surface area contributed by atoms with E-state index in [1.54, 1.807) is 24.3 Å². The molecule has 0 bridgehead atoms. The molecule has 2 aromatic rings. The van der Waals surface area contributed by atoms with E-state index < -0.39 is 0 Å². The third-order valence-corrected chi connectivity index (χ3v) is 3.28. The molecule has 0 atom stereocenters. The van der Waals surface area contributed by atoms with Crippen LogP contribution in [-0.4, -0.2) is 5.11 Å². The Morgan fingerprint density at radius 3 is 2.22 bits per heavy atom. The maximum atomic E-state index is 9.60. The van der Waals surface area contributed by atoms with Gasteiger partial charge in [-0.15, -0.1) is 0 Å². The number of halogens is 2. The molecule has 94 valence electrons. The van der Waals surface area contributed by atoms with Crippen LogP contribution in [0.3, 0.4) is 0 Å². The number of nitrogen functional groups attached to an aromatic ring is 2. The van der Waals surface area contributed by atoms with E-state index in [9.17, 15) is 5.11 Å². The predicted octanol–water partition coefficient (Wildman–Crippen LogP) is 3.45. The van der Waals surface area contributed by atoms with Crippen LogP contribution in [0.25, 0.3) is 0 Å².